The highest BCUT2D eigenvalue weighted by molar-refractivity contribution is 5.98. The van der Waals surface area contributed by atoms with Crippen molar-refractivity contribution in [1.82, 2.24) is 4.90 Å². The number of β-amino-alcohol motifs (C(OH)–C–C–N with tert-alkyl or cyclic N) is 1. The number of benzene rings is 1. The van der Waals surface area contributed by atoms with E-state index in [4.69, 9.17) is 5.73 Å². The SMILES string of the molecule is Nc1ccc2c(c1)CC(N1CC[C@H](O)C1)C(=O)N2. The van der Waals surface area contributed by atoms with Crippen molar-refractivity contribution >= 4 is 17.3 Å². The summed E-state index contributed by atoms with van der Waals surface area (Å²) in [7, 11) is 0. The molecular formula is C13H17N3O2. The van der Waals surface area contributed by atoms with Gasteiger partial charge < -0.3 is 16.2 Å². The lowest BCUT2D eigenvalue weighted by Crippen LogP contribution is -2.47. The van der Waals surface area contributed by atoms with Crippen LogP contribution in [-0.4, -0.2) is 41.1 Å². The molecule has 3 rings (SSSR count). The number of aliphatic hydroxyl groups excluding tert-OH is 1. The van der Waals surface area contributed by atoms with Gasteiger partial charge in [0.1, 0.15) is 0 Å². The van der Waals surface area contributed by atoms with Gasteiger partial charge in [0.15, 0.2) is 0 Å². The minimum absolute atomic E-state index is 0.0152. The summed E-state index contributed by atoms with van der Waals surface area (Å²) in [6, 6.07) is 5.36. The van der Waals surface area contributed by atoms with E-state index in [0.29, 0.717) is 18.7 Å². The predicted molar refractivity (Wildman–Crippen MR) is 69.2 cm³/mol. The summed E-state index contributed by atoms with van der Waals surface area (Å²) in [5, 5.41) is 12.5. The van der Waals surface area contributed by atoms with E-state index in [1.165, 1.54) is 0 Å². The lowest BCUT2D eigenvalue weighted by atomic mass is 9.97. The Morgan fingerprint density at radius 3 is 3.00 bits per heavy atom. The number of carbonyl (C=O) groups is 1. The molecule has 18 heavy (non-hydrogen) atoms. The van der Waals surface area contributed by atoms with Crippen molar-refractivity contribution < 1.29 is 9.90 Å². The maximum absolute atomic E-state index is 12.1. The number of aliphatic hydroxyl groups is 1. The molecule has 1 saturated heterocycles. The van der Waals surface area contributed by atoms with E-state index in [9.17, 15) is 9.90 Å². The highest BCUT2D eigenvalue weighted by Crippen LogP contribution is 2.28. The molecular weight excluding hydrogens is 230 g/mol. The number of nitrogens with two attached hydrogens (primary N) is 1. The largest absolute Gasteiger partial charge is 0.399 e. The van der Waals surface area contributed by atoms with Crippen LogP contribution in [0.3, 0.4) is 0 Å². The molecule has 1 aromatic rings. The molecule has 0 aromatic heterocycles. The fourth-order valence-corrected chi connectivity index (χ4v) is 2.77. The lowest BCUT2D eigenvalue weighted by Gasteiger charge is -2.31. The van der Waals surface area contributed by atoms with Crippen LogP contribution < -0.4 is 11.1 Å². The van der Waals surface area contributed by atoms with Gasteiger partial charge in [-0.25, -0.2) is 0 Å². The number of nitrogens with one attached hydrogen (secondary N) is 1. The topological polar surface area (TPSA) is 78.6 Å². The van der Waals surface area contributed by atoms with Crippen LogP contribution >= 0.6 is 0 Å². The van der Waals surface area contributed by atoms with Crippen LogP contribution in [-0.2, 0) is 11.2 Å². The van der Waals surface area contributed by atoms with Gasteiger partial charge in [-0.3, -0.25) is 9.69 Å². The highest BCUT2D eigenvalue weighted by atomic mass is 16.3. The molecule has 5 nitrogen and oxygen atoms in total. The Morgan fingerprint density at radius 2 is 2.28 bits per heavy atom. The number of hydrogen-bond acceptors (Lipinski definition) is 4. The van der Waals surface area contributed by atoms with Crippen molar-refractivity contribution in [3.05, 3.63) is 23.8 Å². The number of amides is 1. The first-order valence-electron chi connectivity index (χ1n) is 6.25. The van der Waals surface area contributed by atoms with Crippen molar-refractivity contribution in [2.45, 2.75) is 25.0 Å². The van der Waals surface area contributed by atoms with Gasteiger partial charge in [-0.1, -0.05) is 0 Å². The molecule has 0 radical (unpaired) electrons. The fraction of sp³-hybridized carbons (Fsp3) is 0.462. The minimum Gasteiger partial charge on any atom is -0.399 e. The third-order valence-corrected chi connectivity index (χ3v) is 3.74. The van der Waals surface area contributed by atoms with E-state index in [-0.39, 0.29) is 18.1 Å². The number of hydrogen-bond donors (Lipinski definition) is 3. The van der Waals surface area contributed by atoms with Gasteiger partial charge in [0.25, 0.3) is 0 Å². The van der Waals surface area contributed by atoms with Crippen molar-refractivity contribution in [3.63, 3.8) is 0 Å². The average Bonchev–Trinajstić information content (AvgIpc) is 2.75. The molecule has 1 unspecified atom stereocenters. The predicted octanol–water partition coefficient (Wildman–Crippen LogP) is 0.199. The van der Waals surface area contributed by atoms with Gasteiger partial charge in [-0.05, 0) is 36.6 Å². The third-order valence-electron chi connectivity index (χ3n) is 3.74. The summed E-state index contributed by atoms with van der Waals surface area (Å²) in [5.41, 5.74) is 8.41. The van der Waals surface area contributed by atoms with Gasteiger partial charge in [-0.2, -0.15) is 0 Å². The van der Waals surface area contributed by atoms with Crippen LogP contribution in [0, 0.1) is 0 Å². The van der Waals surface area contributed by atoms with Crippen LogP contribution in [0.25, 0.3) is 0 Å². The number of nitrogen functional groups attached to an aromatic ring is 1. The summed E-state index contributed by atoms with van der Waals surface area (Å²) in [6.45, 7) is 1.35. The Hall–Kier alpha value is -1.59. The van der Waals surface area contributed by atoms with Crippen LogP contribution in [0.2, 0.25) is 0 Å². The smallest absolute Gasteiger partial charge is 0.242 e. The normalized spacial score (nSPS) is 27.9. The highest BCUT2D eigenvalue weighted by Gasteiger charge is 2.34. The molecule has 2 heterocycles. The summed E-state index contributed by atoms with van der Waals surface area (Å²) in [4.78, 5) is 14.1. The van der Waals surface area contributed by atoms with E-state index in [1.54, 1.807) is 6.07 Å². The standard InChI is InChI=1S/C13H17N3O2/c14-9-1-2-11-8(5-9)6-12(13(18)15-11)16-4-3-10(17)7-16/h1-2,5,10,12,17H,3-4,6-7,14H2,(H,15,18)/t10-,12?/m0/s1. The number of likely N-dealkylation sites (tertiary alicyclic amines) is 1. The van der Waals surface area contributed by atoms with Crippen LogP contribution in [0.15, 0.2) is 18.2 Å². The Balaban J connectivity index is 1.84. The first-order valence-corrected chi connectivity index (χ1v) is 6.25. The van der Waals surface area contributed by atoms with Gasteiger partial charge in [0.2, 0.25) is 5.91 Å². The summed E-state index contributed by atoms with van der Waals surface area (Å²) < 4.78 is 0. The fourth-order valence-electron chi connectivity index (χ4n) is 2.77. The molecule has 0 spiro atoms. The van der Waals surface area contributed by atoms with Crippen LogP contribution in [0.1, 0.15) is 12.0 Å². The maximum Gasteiger partial charge on any atom is 0.242 e. The van der Waals surface area contributed by atoms with E-state index in [2.05, 4.69) is 5.32 Å². The molecule has 1 aromatic carbocycles. The van der Waals surface area contributed by atoms with Gasteiger partial charge in [-0.15, -0.1) is 0 Å². The number of anilines is 2. The minimum atomic E-state index is -0.306. The average molecular weight is 247 g/mol. The molecule has 4 N–H and O–H groups in total. The van der Waals surface area contributed by atoms with E-state index < -0.39 is 0 Å². The molecule has 1 fully saturated rings. The Labute approximate surface area is 106 Å². The first-order chi connectivity index (χ1) is 8.63. The summed E-state index contributed by atoms with van der Waals surface area (Å²) in [6.07, 6.45) is 1.10. The zero-order chi connectivity index (χ0) is 12.7. The zero-order valence-electron chi connectivity index (χ0n) is 10.1. The van der Waals surface area contributed by atoms with E-state index in [1.807, 2.05) is 17.0 Å². The Bertz CT molecular complexity index is 489. The molecule has 0 aliphatic carbocycles. The molecule has 96 valence electrons. The van der Waals surface area contributed by atoms with Crippen molar-refractivity contribution in [3.8, 4) is 0 Å². The first kappa shape index (κ1) is 11.5. The quantitative estimate of drug-likeness (QED) is 0.619. The second kappa shape index (κ2) is 4.26. The number of fused-ring (bicyclic) bond motifs is 1. The zero-order valence-corrected chi connectivity index (χ0v) is 10.1. The van der Waals surface area contributed by atoms with Crippen molar-refractivity contribution in [2.24, 2.45) is 0 Å². The molecule has 5 heteroatoms. The third kappa shape index (κ3) is 1.95. The Kier molecular flexibility index (Phi) is 2.72. The summed E-state index contributed by atoms with van der Waals surface area (Å²) in [5.74, 6) is 0.0152. The molecule has 0 saturated carbocycles. The molecule has 2 aliphatic heterocycles. The van der Waals surface area contributed by atoms with E-state index in [0.717, 1.165) is 24.2 Å². The van der Waals surface area contributed by atoms with Gasteiger partial charge >= 0.3 is 0 Å². The van der Waals surface area contributed by atoms with Gasteiger partial charge in [0.05, 0.1) is 12.1 Å². The van der Waals surface area contributed by atoms with Crippen LogP contribution in [0.5, 0.6) is 0 Å². The van der Waals surface area contributed by atoms with E-state index >= 15 is 0 Å². The monoisotopic (exact) mass is 247 g/mol. The second-order valence-corrected chi connectivity index (χ2v) is 5.06. The molecule has 1 amide bonds. The number of carbonyl (C=O) groups excluding carboxylic acids is 1. The number of nitrogens with zero attached hydrogens (tertiary/aromatic N) is 1. The molecule has 0 bridgehead atoms. The van der Waals surface area contributed by atoms with Crippen molar-refractivity contribution in [1.29, 1.82) is 0 Å². The van der Waals surface area contributed by atoms with Gasteiger partial charge in [0, 0.05) is 24.5 Å². The molecule has 2 aliphatic rings. The Morgan fingerprint density at radius 1 is 1.44 bits per heavy atom. The second-order valence-electron chi connectivity index (χ2n) is 5.06. The number of rotatable bonds is 1. The maximum atomic E-state index is 12.1. The molecule has 2 atom stereocenters. The lowest BCUT2D eigenvalue weighted by molar-refractivity contribution is -0.121. The van der Waals surface area contributed by atoms with Crippen LogP contribution in [0.4, 0.5) is 11.4 Å². The van der Waals surface area contributed by atoms with Crippen molar-refractivity contribution in [2.75, 3.05) is 24.1 Å². The summed E-state index contributed by atoms with van der Waals surface area (Å²) >= 11 is 0.